The van der Waals surface area contributed by atoms with Crippen molar-refractivity contribution in [1.82, 2.24) is 29.4 Å². The highest BCUT2D eigenvalue weighted by molar-refractivity contribution is 6.41. The maximum Gasteiger partial charge on any atom is 0.355 e. The van der Waals surface area contributed by atoms with Gasteiger partial charge < -0.3 is 9.80 Å². The Balaban J connectivity index is 1.57. The van der Waals surface area contributed by atoms with Crippen LogP contribution in [0, 0.1) is 0 Å². The van der Waals surface area contributed by atoms with E-state index in [1.165, 1.54) is 10.6 Å². The van der Waals surface area contributed by atoms with Gasteiger partial charge in [0.1, 0.15) is 17.3 Å². The van der Waals surface area contributed by atoms with Gasteiger partial charge in [-0.1, -0.05) is 29.8 Å². The predicted octanol–water partition coefficient (Wildman–Crippen LogP) is 4.24. The van der Waals surface area contributed by atoms with Crippen molar-refractivity contribution >= 4 is 46.0 Å². The number of fused-ring (bicyclic) bond motifs is 1. The highest BCUT2D eigenvalue weighted by Gasteiger charge is 2.37. The number of hydrogen-bond acceptors (Lipinski definition) is 7. The second-order valence-corrected chi connectivity index (χ2v) is 11.0. The van der Waals surface area contributed by atoms with Crippen molar-refractivity contribution < 1.29 is 4.79 Å². The third-order valence-corrected chi connectivity index (χ3v) is 8.18. The standard InChI is InChI=1S/C26H27Cl2N7O2/c1-4-19(36)33-10-14(3)34(11-13(33)2)24-17-9-18(27)23(28)31-25(17)35(26(37)32-24)22-20(15-5-6-15)29-12-30-21(22)16-7-8-16/h4,9,12-16H,1,5-8,10-11H2,2-3H3/t13-,14+/m1/s1. The number of carbonyl (C=O) groups is 1. The Morgan fingerprint density at radius 3 is 2.27 bits per heavy atom. The Labute approximate surface area is 224 Å². The van der Waals surface area contributed by atoms with E-state index in [1.807, 2.05) is 18.7 Å². The zero-order valence-electron chi connectivity index (χ0n) is 20.7. The molecule has 4 heterocycles. The second-order valence-electron chi connectivity index (χ2n) is 10.3. The summed E-state index contributed by atoms with van der Waals surface area (Å²) in [5.74, 6) is 0.936. The lowest BCUT2D eigenvalue weighted by Gasteiger charge is -2.44. The molecule has 3 fully saturated rings. The van der Waals surface area contributed by atoms with Crippen LogP contribution < -0.4 is 10.6 Å². The summed E-state index contributed by atoms with van der Waals surface area (Å²) < 4.78 is 1.54. The molecule has 0 unspecified atom stereocenters. The van der Waals surface area contributed by atoms with Gasteiger partial charge in [-0.3, -0.25) is 4.79 Å². The molecule has 192 valence electrons. The van der Waals surface area contributed by atoms with Crippen molar-refractivity contribution in [3.63, 3.8) is 0 Å². The van der Waals surface area contributed by atoms with Crippen LogP contribution in [-0.4, -0.2) is 60.5 Å². The van der Waals surface area contributed by atoms with E-state index >= 15 is 0 Å². The first-order valence-corrected chi connectivity index (χ1v) is 13.4. The second kappa shape index (κ2) is 9.06. The van der Waals surface area contributed by atoms with Crippen molar-refractivity contribution in [2.75, 3.05) is 18.0 Å². The average Bonchev–Trinajstić information content (AvgIpc) is 3.79. The summed E-state index contributed by atoms with van der Waals surface area (Å²) in [4.78, 5) is 48.5. The molecule has 2 atom stereocenters. The smallest absolute Gasteiger partial charge is 0.349 e. The molecular formula is C26H27Cl2N7O2. The molecule has 9 nitrogen and oxygen atoms in total. The van der Waals surface area contributed by atoms with Gasteiger partial charge in [-0.25, -0.2) is 24.3 Å². The van der Waals surface area contributed by atoms with Gasteiger partial charge in [0.2, 0.25) is 5.91 Å². The number of nitrogens with zero attached hydrogens (tertiary/aromatic N) is 7. The highest BCUT2D eigenvalue weighted by Crippen LogP contribution is 2.47. The third-order valence-electron chi connectivity index (χ3n) is 7.50. The molecule has 0 aromatic carbocycles. The van der Waals surface area contributed by atoms with Gasteiger partial charge in [-0.05, 0) is 51.7 Å². The fraction of sp³-hybridized carbons (Fsp3) is 0.462. The van der Waals surface area contributed by atoms with Crippen molar-refractivity contribution in [3.8, 4) is 5.69 Å². The Morgan fingerprint density at radius 2 is 1.68 bits per heavy atom. The first-order chi connectivity index (χ1) is 17.8. The number of amides is 1. The number of hydrogen-bond donors (Lipinski definition) is 0. The van der Waals surface area contributed by atoms with E-state index in [9.17, 15) is 9.59 Å². The van der Waals surface area contributed by atoms with Crippen LogP contribution in [0.1, 0.15) is 62.8 Å². The normalized spacial score (nSPS) is 21.9. The van der Waals surface area contributed by atoms with Crippen LogP contribution in [0.5, 0.6) is 0 Å². The largest absolute Gasteiger partial charge is 0.355 e. The lowest BCUT2D eigenvalue weighted by Crippen LogP contribution is -2.58. The number of halogens is 2. The lowest BCUT2D eigenvalue weighted by atomic mass is 10.1. The maximum absolute atomic E-state index is 13.9. The molecule has 0 radical (unpaired) electrons. The zero-order valence-corrected chi connectivity index (χ0v) is 22.2. The summed E-state index contributed by atoms with van der Waals surface area (Å²) in [5.41, 5.74) is 2.33. The van der Waals surface area contributed by atoms with Crippen molar-refractivity contribution in [3.05, 3.63) is 57.1 Å². The van der Waals surface area contributed by atoms with Crippen LogP contribution in [0.25, 0.3) is 16.7 Å². The summed E-state index contributed by atoms with van der Waals surface area (Å²) in [6.45, 7) is 8.55. The van der Waals surface area contributed by atoms with Crippen LogP contribution >= 0.6 is 23.2 Å². The van der Waals surface area contributed by atoms with E-state index in [0.29, 0.717) is 35.6 Å². The summed E-state index contributed by atoms with van der Waals surface area (Å²) in [6, 6.07) is 1.51. The van der Waals surface area contributed by atoms with Gasteiger partial charge in [-0.15, -0.1) is 0 Å². The van der Waals surface area contributed by atoms with Gasteiger partial charge in [0.25, 0.3) is 0 Å². The summed E-state index contributed by atoms with van der Waals surface area (Å²) in [7, 11) is 0. The van der Waals surface area contributed by atoms with Gasteiger partial charge in [0.05, 0.1) is 27.5 Å². The molecule has 2 aliphatic carbocycles. The van der Waals surface area contributed by atoms with E-state index in [0.717, 1.165) is 37.1 Å². The molecule has 0 spiro atoms. The van der Waals surface area contributed by atoms with Gasteiger partial charge in [-0.2, -0.15) is 4.98 Å². The van der Waals surface area contributed by atoms with Gasteiger partial charge in [0.15, 0.2) is 5.65 Å². The van der Waals surface area contributed by atoms with E-state index < -0.39 is 5.69 Å². The van der Waals surface area contributed by atoms with Crippen LogP contribution in [0.15, 0.2) is 29.8 Å². The SMILES string of the molecule is C=CC(=O)N1C[C@H](C)N(c2nc(=O)n(-c3c(C4CC4)ncnc3C3CC3)c3nc(Cl)c(Cl)cc23)C[C@H]1C. The minimum absolute atomic E-state index is 0.107. The highest BCUT2D eigenvalue weighted by atomic mass is 35.5. The van der Waals surface area contributed by atoms with E-state index in [-0.39, 0.29) is 40.0 Å². The third kappa shape index (κ3) is 4.18. The minimum Gasteiger partial charge on any atom is -0.349 e. The molecule has 0 bridgehead atoms. The topological polar surface area (TPSA) is 97.1 Å². The number of piperazine rings is 1. The molecule has 6 rings (SSSR count). The van der Waals surface area contributed by atoms with Gasteiger partial charge in [0, 0.05) is 37.0 Å². The van der Waals surface area contributed by atoms with Crippen LogP contribution in [0.4, 0.5) is 5.82 Å². The Morgan fingerprint density at radius 1 is 1.03 bits per heavy atom. The van der Waals surface area contributed by atoms with Gasteiger partial charge >= 0.3 is 5.69 Å². The first kappa shape index (κ1) is 24.3. The summed E-state index contributed by atoms with van der Waals surface area (Å²) in [6.07, 6.45) is 7.02. The summed E-state index contributed by atoms with van der Waals surface area (Å²) >= 11 is 12.9. The molecule has 11 heteroatoms. The molecule has 1 amide bonds. The molecule has 3 aromatic rings. The number of pyridine rings is 1. The van der Waals surface area contributed by atoms with Crippen molar-refractivity contribution in [2.45, 2.75) is 63.5 Å². The van der Waals surface area contributed by atoms with Crippen molar-refractivity contribution in [1.29, 1.82) is 0 Å². The number of anilines is 1. The zero-order chi connectivity index (χ0) is 26.0. The molecule has 1 aliphatic heterocycles. The van der Waals surface area contributed by atoms with Crippen LogP contribution in [0.3, 0.4) is 0 Å². The molecule has 1 saturated heterocycles. The molecule has 37 heavy (non-hydrogen) atoms. The number of carbonyl (C=O) groups excluding carboxylic acids is 1. The quantitative estimate of drug-likeness (QED) is 0.353. The minimum atomic E-state index is -0.462. The number of aromatic nitrogens is 5. The summed E-state index contributed by atoms with van der Waals surface area (Å²) in [5, 5.41) is 1.00. The lowest BCUT2D eigenvalue weighted by molar-refractivity contribution is -0.128. The fourth-order valence-electron chi connectivity index (χ4n) is 5.30. The Hall–Kier alpha value is -3.04. The van der Waals surface area contributed by atoms with Crippen LogP contribution in [0.2, 0.25) is 10.2 Å². The van der Waals surface area contributed by atoms with Crippen molar-refractivity contribution in [2.24, 2.45) is 0 Å². The average molecular weight is 540 g/mol. The molecule has 3 aliphatic rings. The fourth-order valence-corrected chi connectivity index (χ4v) is 5.58. The molecule has 2 saturated carbocycles. The Kier molecular flexibility index (Phi) is 5.95. The Bertz CT molecular complexity index is 1470. The van der Waals surface area contributed by atoms with E-state index in [1.54, 1.807) is 17.3 Å². The number of rotatable bonds is 5. The van der Waals surface area contributed by atoms with E-state index in [2.05, 4.69) is 26.5 Å². The molecule has 3 aromatic heterocycles. The molecule has 0 N–H and O–H groups in total. The monoisotopic (exact) mass is 539 g/mol. The maximum atomic E-state index is 13.9. The first-order valence-electron chi connectivity index (χ1n) is 12.6. The molecular weight excluding hydrogens is 513 g/mol. The van der Waals surface area contributed by atoms with Crippen LogP contribution in [-0.2, 0) is 4.79 Å². The predicted molar refractivity (Wildman–Crippen MR) is 143 cm³/mol. The van der Waals surface area contributed by atoms with E-state index in [4.69, 9.17) is 23.2 Å².